The highest BCUT2D eigenvalue weighted by molar-refractivity contribution is 7.11. The van der Waals surface area contributed by atoms with Crippen LogP contribution < -0.4 is 5.32 Å². The fraction of sp³-hybridized carbons (Fsp3) is 0.700. The van der Waals surface area contributed by atoms with Gasteiger partial charge in [-0.2, -0.15) is 0 Å². The molecule has 14 heavy (non-hydrogen) atoms. The second-order valence-corrected chi connectivity index (χ2v) is 4.72. The van der Waals surface area contributed by atoms with E-state index < -0.39 is 0 Å². The minimum absolute atomic E-state index is 0.257. The van der Waals surface area contributed by atoms with Gasteiger partial charge in [0.05, 0.1) is 5.01 Å². The summed E-state index contributed by atoms with van der Waals surface area (Å²) in [6, 6.07) is 0. The number of aromatic nitrogens is 1. The van der Waals surface area contributed by atoms with Gasteiger partial charge in [0.15, 0.2) is 0 Å². The molecule has 0 amide bonds. The van der Waals surface area contributed by atoms with Crippen LogP contribution in [0.25, 0.3) is 0 Å². The summed E-state index contributed by atoms with van der Waals surface area (Å²) in [5.41, 5.74) is 0. The smallest absolute Gasteiger partial charge is 0.0953 e. The molecule has 3 nitrogen and oxygen atoms in total. The minimum atomic E-state index is 0.257. The van der Waals surface area contributed by atoms with Gasteiger partial charge >= 0.3 is 0 Å². The summed E-state index contributed by atoms with van der Waals surface area (Å²) >= 11 is 1.76. The van der Waals surface area contributed by atoms with Gasteiger partial charge in [0.25, 0.3) is 0 Å². The fourth-order valence-electron chi connectivity index (χ4n) is 1.09. The third kappa shape index (κ3) is 3.74. The third-order valence-corrected chi connectivity index (χ3v) is 3.17. The minimum Gasteiger partial charge on any atom is -0.396 e. The SMILES string of the molecule is CC(C)c1ncc(CNCCCO)s1. The lowest BCUT2D eigenvalue weighted by molar-refractivity contribution is 0.286. The van der Waals surface area contributed by atoms with Gasteiger partial charge in [-0.3, -0.25) is 0 Å². The predicted molar refractivity (Wildman–Crippen MR) is 59.6 cm³/mol. The Morgan fingerprint density at radius 1 is 1.57 bits per heavy atom. The first-order valence-electron chi connectivity index (χ1n) is 5.00. The molecule has 1 heterocycles. The molecule has 4 heteroatoms. The number of thiazole rings is 1. The topological polar surface area (TPSA) is 45.2 Å². The standard InChI is InChI=1S/C10H18N2OS/c1-8(2)10-12-7-9(14-10)6-11-4-3-5-13/h7-8,11,13H,3-6H2,1-2H3. The number of nitrogens with zero attached hydrogens (tertiary/aromatic N) is 1. The van der Waals surface area contributed by atoms with Crippen molar-refractivity contribution in [3.63, 3.8) is 0 Å². The lowest BCUT2D eigenvalue weighted by Gasteiger charge is -2.00. The van der Waals surface area contributed by atoms with Crippen molar-refractivity contribution in [1.29, 1.82) is 0 Å². The Kier molecular flexibility index (Phi) is 5.07. The summed E-state index contributed by atoms with van der Waals surface area (Å²) in [5, 5.41) is 13.1. The first-order chi connectivity index (χ1) is 6.74. The zero-order chi connectivity index (χ0) is 10.4. The van der Waals surface area contributed by atoms with E-state index in [1.807, 2.05) is 6.20 Å². The quantitative estimate of drug-likeness (QED) is 0.709. The summed E-state index contributed by atoms with van der Waals surface area (Å²) in [6.07, 6.45) is 2.75. The summed E-state index contributed by atoms with van der Waals surface area (Å²) in [6.45, 7) is 6.30. The highest BCUT2D eigenvalue weighted by Crippen LogP contribution is 2.20. The first kappa shape index (κ1) is 11.6. The third-order valence-electron chi connectivity index (χ3n) is 1.88. The van der Waals surface area contributed by atoms with Crippen LogP contribution in [-0.2, 0) is 6.54 Å². The monoisotopic (exact) mass is 214 g/mol. The van der Waals surface area contributed by atoms with Gasteiger partial charge in [-0.25, -0.2) is 4.98 Å². The summed E-state index contributed by atoms with van der Waals surface area (Å²) < 4.78 is 0. The van der Waals surface area contributed by atoms with Crippen LogP contribution in [0, 0.1) is 0 Å². The van der Waals surface area contributed by atoms with Crippen LogP contribution in [0.5, 0.6) is 0 Å². The van der Waals surface area contributed by atoms with Gasteiger partial charge in [-0.15, -0.1) is 11.3 Å². The van der Waals surface area contributed by atoms with Crippen molar-refractivity contribution in [1.82, 2.24) is 10.3 Å². The van der Waals surface area contributed by atoms with Gasteiger partial charge in [-0.1, -0.05) is 13.8 Å². The number of aliphatic hydroxyl groups excluding tert-OH is 1. The Labute approximate surface area is 89.2 Å². The molecule has 0 saturated heterocycles. The number of hydrogen-bond donors (Lipinski definition) is 2. The Balaban J connectivity index is 2.29. The average Bonchev–Trinajstić information content (AvgIpc) is 2.61. The van der Waals surface area contributed by atoms with E-state index in [0.29, 0.717) is 5.92 Å². The number of nitrogens with one attached hydrogen (secondary N) is 1. The normalized spacial score (nSPS) is 11.1. The molecule has 0 fully saturated rings. The van der Waals surface area contributed by atoms with Gasteiger partial charge in [0.1, 0.15) is 0 Å². The Morgan fingerprint density at radius 3 is 2.93 bits per heavy atom. The molecular weight excluding hydrogens is 196 g/mol. The second-order valence-electron chi connectivity index (χ2n) is 3.57. The Bertz CT molecular complexity index is 260. The maximum Gasteiger partial charge on any atom is 0.0953 e. The van der Waals surface area contributed by atoms with Crippen molar-refractivity contribution in [2.75, 3.05) is 13.2 Å². The van der Waals surface area contributed by atoms with Crippen LogP contribution in [0.4, 0.5) is 0 Å². The molecule has 0 spiro atoms. The van der Waals surface area contributed by atoms with E-state index in [1.165, 1.54) is 9.88 Å². The summed E-state index contributed by atoms with van der Waals surface area (Å²) in [7, 11) is 0. The van der Waals surface area contributed by atoms with Crippen molar-refractivity contribution in [2.45, 2.75) is 32.7 Å². The number of aliphatic hydroxyl groups is 1. The van der Waals surface area contributed by atoms with Crippen molar-refractivity contribution < 1.29 is 5.11 Å². The van der Waals surface area contributed by atoms with Crippen LogP contribution in [-0.4, -0.2) is 23.2 Å². The zero-order valence-corrected chi connectivity index (χ0v) is 9.60. The molecule has 2 N–H and O–H groups in total. The van der Waals surface area contributed by atoms with Gasteiger partial charge < -0.3 is 10.4 Å². The molecule has 0 bridgehead atoms. The maximum atomic E-state index is 8.59. The number of hydrogen-bond acceptors (Lipinski definition) is 4. The molecule has 0 aliphatic rings. The fourth-order valence-corrected chi connectivity index (χ4v) is 1.98. The average molecular weight is 214 g/mol. The van der Waals surface area contributed by atoms with Crippen molar-refractivity contribution in [2.24, 2.45) is 0 Å². The maximum absolute atomic E-state index is 8.59. The first-order valence-corrected chi connectivity index (χ1v) is 5.82. The Hall–Kier alpha value is -0.450. The molecule has 0 aromatic carbocycles. The van der Waals surface area contributed by atoms with E-state index in [4.69, 9.17) is 5.11 Å². The Morgan fingerprint density at radius 2 is 2.36 bits per heavy atom. The van der Waals surface area contributed by atoms with E-state index >= 15 is 0 Å². The van der Waals surface area contributed by atoms with Gasteiger partial charge in [0.2, 0.25) is 0 Å². The predicted octanol–water partition coefficient (Wildman–Crippen LogP) is 1.74. The molecule has 80 valence electrons. The van der Waals surface area contributed by atoms with E-state index in [9.17, 15) is 0 Å². The highest BCUT2D eigenvalue weighted by atomic mass is 32.1. The number of rotatable bonds is 6. The van der Waals surface area contributed by atoms with E-state index in [2.05, 4.69) is 24.1 Å². The molecule has 0 aliphatic carbocycles. The second kappa shape index (κ2) is 6.11. The molecule has 0 radical (unpaired) electrons. The molecular formula is C10H18N2OS. The van der Waals surface area contributed by atoms with E-state index in [1.54, 1.807) is 11.3 Å². The van der Waals surface area contributed by atoms with Gasteiger partial charge in [0, 0.05) is 30.1 Å². The molecule has 0 aliphatic heterocycles. The van der Waals surface area contributed by atoms with Crippen molar-refractivity contribution in [3.05, 3.63) is 16.1 Å². The van der Waals surface area contributed by atoms with Crippen molar-refractivity contribution >= 4 is 11.3 Å². The largest absolute Gasteiger partial charge is 0.396 e. The molecule has 0 unspecified atom stereocenters. The molecule has 1 aromatic rings. The van der Waals surface area contributed by atoms with Crippen LogP contribution in [0.1, 0.15) is 36.1 Å². The summed E-state index contributed by atoms with van der Waals surface area (Å²) in [5.74, 6) is 0.520. The van der Waals surface area contributed by atoms with Crippen LogP contribution in [0.2, 0.25) is 0 Å². The molecule has 0 saturated carbocycles. The lowest BCUT2D eigenvalue weighted by atomic mass is 10.2. The van der Waals surface area contributed by atoms with E-state index in [-0.39, 0.29) is 6.61 Å². The van der Waals surface area contributed by atoms with Crippen LogP contribution >= 0.6 is 11.3 Å². The highest BCUT2D eigenvalue weighted by Gasteiger charge is 2.04. The van der Waals surface area contributed by atoms with Crippen molar-refractivity contribution in [3.8, 4) is 0 Å². The summed E-state index contributed by atoms with van der Waals surface area (Å²) in [4.78, 5) is 5.61. The lowest BCUT2D eigenvalue weighted by Crippen LogP contribution is -2.14. The van der Waals surface area contributed by atoms with Crippen LogP contribution in [0.15, 0.2) is 6.20 Å². The van der Waals surface area contributed by atoms with Crippen LogP contribution in [0.3, 0.4) is 0 Å². The van der Waals surface area contributed by atoms with E-state index in [0.717, 1.165) is 19.5 Å². The molecule has 1 rings (SSSR count). The molecule has 1 aromatic heterocycles. The zero-order valence-electron chi connectivity index (χ0n) is 8.79. The molecule has 0 atom stereocenters. The van der Waals surface area contributed by atoms with Gasteiger partial charge in [-0.05, 0) is 13.0 Å².